The molecule has 100 valence electrons. The number of unbranched alkanes of at least 4 members (excludes halogenated alkanes) is 1. The normalized spacial score (nSPS) is 25.8. The smallest absolute Gasteiger partial charge is 0.236 e. The summed E-state index contributed by atoms with van der Waals surface area (Å²) in [5.41, 5.74) is 0. The van der Waals surface area contributed by atoms with Gasteiger partial charge in [0.1, 0.15) is 0 Å². The first-order chi connectivity index (χ1) is 8.17. The maximum atomic E-state index is 11.8. The van der Waals surface area contributed by atoms with E-state index in [9.17, 15) is 4.79 Å². The van der Waals surface area contributed by atoms with Crippen LogP contribution in [0.5, 0.6) is 0 Å². The van der Waals surface area contributed by atoms with E-state index < -0.39 is 0 Å². The number of amides is 1. The molecule has 0 radical (unpaired) electrons. The van der Waals surface area contributed by atoms with Crippen LogP contribution < -0.4 is 10.6 Å². The SMILES string of the molecule is CCCCNC(=O)C(C)NC1CCC(SC)C1. The third kappa shape index (κ3) is 5.30. The Kier molecular flexibility index (Phi) is 6.97. The molecule has 0 saturated heterocycles. The quantitative estimate of drug-likeness (QED) is 0.688. The molecule has 0 bridgehead atoms. The van der Waals surface area contributed by atoms with Gasteiger partial charge in [-0.3, -0.25) is 4.79 Å². The Balaban J connectivity index is 2.19. The molecule has 1 saturated carbocycles. The van der Waals surface area contributed by atoms with Gasteiger partial charge in [0.25, 0.3) is 0 Å². The van der Waals surface area contributed by atoms with Crippen molar-refractivity contribution in [3.63, 3.8) is 0 Å². The fourth-order valence-corrected chi connectivity index (χ4v) is 3.07. The van der Waals surface area contributed by atoms with Gasteiger partial charge < -0.3 is 10.6 Å². The van der Waals surface area contributed by atoms with Crippen LogP contribution in [0.15, 0.2) is 0 Å². The lowest BCUT2D eigenvalue weighted by Crippen LogP contribution is -2.46. The zero-order valence-electron chi connectivity index (χ0n) is 11.3. The largest absolute Gasteiger partial charge is 0.355 e. The van der Waals surface area contributed by atoms with Gasteiger partial charge in [-0.15, -0.1) is 0 Å². The van der Waals surface area contributed by atoms with Crippen LogP contribution >= 0.6 is 11.8 Å². The first-order valence-corrected chi connectivity index (χ1v) is 8.02. The third-order valence-corrected chi connectivity index (χ3v) is 4.52. The molecule has 3 nitrogen and oxygen atoms in total. The molecule has 0 aromatic rings. The molecule has 3 unspecified atom stereocenters. The zero-order valence-corrected chi connectivity index (χ0v) is 12.1. The number of carbonyl (C=O) groups is 1. The lowest BCUT2D eigenvalue weighted by Gasteiger charge is -2.19. The second-order valence-electron chi connectivity index (χ2n) is 4.90. The summed E-state index contributed by atoms with van der Waals surface area (Å²) in [6, 6.07) is 0.469. The van der Waals surface area contributed by atoms with Gasteiger partial charge in [0.2, 0.25) is 5.91 Å². The van der Waals surface area contributed by atoms with E-state index in [4.69, 9.17) is 0 Å². The van der Waals surface area contributed by atoms with Crippen molar-refractivity contribution in [2.45, 2.75) is 63.3 Å². The Morgan fingerprint density at radius 2 is 2.24 bits per heavy atom. The van der Waals surface area contributed by atoms with Crippen LogP contribution in [0.4, 0.5) is 0 Å². The van der Waals surface area contributed by atoms with E-state index in [1.807, 2.05) is 18.7 Å². The molecule has 1 amide bonds. The standard InChI is InChI=1S/C13H26N2OS/c1-4-5-8-14-13(16)10(2)15-11-6-7-12(9-11)17-3/h10-12,15H,4-9H2,1-3H3,(H,14,16). The second-order valence-corrected chi connectivity index (χ2v) is 6.04. The number of rotatable bonds is 7. The van der Waals surface area contributed by atoms with Crippen LogP contribution in [0.2, 0.25) is 0 Å². The molecular formula is C13H26N2OS. The molecule has 1 rings (SSSR count). The Bertz CT molecular complexity index is 235. The summed E-state index contributed by atoms with van der Waals surface area (Å²) in [6.07, 6.45) is 8.05. The van der Waals surface area contributed by atoms with Crippen LogP contribution in [0.25, 0.3) is 0 Å². The average Bonchev–Trinajstić information content (AvgIpc) is 2.77. The van der Waals surface area contributed by atoms with Crippen molar-refractivity contribution in [3.8, 4) is 0 Å². The molecule has 1 aliphatic rings. The Morgan fingerprint density at radius 3 is 2.82 bits per heavy atom. The minimum Gasteiger partial charge on any atom is -0.355 e. The molecule has 0 aromatic carbocycles. The summed E-state index contributed by atoms with van der Waals surface area (Å²) < 4.78 is 0. The second kappa shape index (κ2) is 7.98. The number of hydrogen-bond donors (Lipinski definition) is 2. The molecule has 0 aliphatic heterocycles. The fourth-order valence-electron chi connectivity index (χ4n) is 2.28. The van der Waals surface area contributed by atoms with E-state index in [1.54, 1.807) is 0 Å². The van der Waals surface area contributed by atoms with Gasteiger partial charge in [0.15, 0.2) is 0 Å². The molecule has 1 aliphatic carbocycles. The summed E-state index contributed by atoms with van der Waals surface area (Å²) in [5.74, 6) is 0.144. The van der Waals surface area contributed by atoms with Crippen molar-refractivity contribution >= 4 is 17.7 Å². The van der Waals surface area contributed by atoms with E-state index in [-0.39, 0.29) is 11.9 Å². The van der Waals surface area contributed by atoms with Crippen LogP contribution in [-0.4, -0.2) is 36.0 Å². The molecule has 4 heteroatoms. The summed E-state index contributed by atoms with van der Waals surface area (Å²) >= 11 is 1.95. The number of nitrogens with one attached hydrogen (secondary N) is 2. The molecular weight excluding hydrogens is 232 g/mol. The highest BCUT2D eigenvalue weighted by molar-refractivity contribution is 7.99. The van der Waals surface area contributed by atoms with Crippen molar-refractivity contribution in [2.75, 3.05) is 12.8 Å². The van der Waals surface area contributed by atoms with E-state index in [0.717, 1.165) is 24.6 Å². The number of thioether (sulfide) groups is 1. The zero-order chi connectivity index (χ0) is 12.7. The molecule has 0 spiro atoms. The molecule has 0 aromatic heterocycles. The lowest BCUT2D eigenvalue weighted by molar-refractivity contribution is -0.122. The van der Waals surface area contributed by atoms with Gasteiger partial charge in [-0.2, -0.15) is 11.8 Å². The van der Waals surface area contributed by atoms with Gasteiger partial charge in [0.05, 0.1) is 6.04 Å². The van der Waals surface area contributed by atoms with E-state index in [1.165, 1.54) is 19.3 Å². The third-order valence-electron chi connectivity index (χ3n) is 3.43. The van der Waals surface area contributed by atoms with Crippen LogP contribution in [0.3, 0.4) is 0 Å². The lowest BCUT2D eigenvalue weighted by atomic mass is 10.2. The maximum absolute atomic E-state index is 11.8. The van der Waals surface area contributed by atoms with Gasteiger partial charge >= 0.3 is 0 Å². The predicted octanol–water partition coefficient (Wildman–Crippen LogP) is 2.16. The van der Waals surface area contributed by atoms with E-state index >= 15 is 0 Å². The summed E-state index contributed by atoms with van der Waals surface area (Å²) in [4.78, 5) is 11.8. The minimum atomic E-state index is -0.0579. The first kappa shape index (κ1) is 14.8. The van der Waals surface area contributed by atoms with E-state index in [0.29, 0.717) is 6.04 Å². The maximum Gasteiger partial charge on any atom is 0.236 e. The molecule has 0 heterocycles. The van der Waals surface area contributed by atoms with Crippen molar-refractivity contribution in [1.82, 2.24) is 10.6 Å². The summed E-state index contributed by atoms with van der Waals surface area (Å²) in [6.45, 7) is 4.90. The molecule has 3 atom stereocenters. The highest BCUT2D eigenvalue weighted by Crippen LogP contribution is 2.28. The van der Waals surface area contributed by atoms with Crippen molar-refractivity contribution < 1.29 is 4.79 Å². The number of carbonyl (C=O) groups excluding carboxylic acids is 1. The topological polar surface area (TPSA) is 41.1 Å². The molecule has 1 fully saturated rings. The summed E-state index contributed by atoms with van der Waals surface area (Å²) in [5, 5.41) is 7.20. The Morgan fingerprint density at radius 1 is 1.47 bits per heavy atom. The van der Waals surface area contributed by atoms with Crippen molar-refractivity contribution in [2.24, 2.45) is 0 Å². The first-order valence-electron chi connectivity index (χ1n) is 6.74. The van der Waals surface area contributed by atoms with Gasteiger partial charge in [-0.25, -0.2) is 0 Å². The van der Waals surface area contributed by atoms with Crippen LogP contribution in [0.1, 0.15) is 46.0 Å². The van der Waals surface area contributed by atoms with Gasteiger partial charge in [-0.05, 0) is 38.9 Å². The van der Waals surface area contributed by atoms with Crippen molar-refractivity contribution in [3.05, 3.63) is 0 Å². The van der Waals surface area contributed by atoms with Crippen LogP contribution in [-0.2, 0) is 4.79 Å². The predicted molar refractivity (Wildman–Crippen MR) is 75.5 cm³/mol. The van der Waals surface area contributed by atoms with Crippen molar-refractivity contribution in [1.29, 1.82) is 0 Å². The fraction of sp³-hybridized carbons (Fsp3) is 0.923. The molecule has 2 N–H and O–H groups in total. The highest BCUT2D eigenvalue weighted by Gasteiger charge is 2.26. The summed E-state index contributed by atoms with van der Waals surface area (Å²) in [7, 11) is 0. The monoisotopic (exact) mass is 258 g/mol. The van der Waals surface area contributed by atoms with Gasteiger partial charge in [-0.1, -0.05) is 13.3 Å². The van der Waals surface area contributed by atoms with Gasteiger partial charge in [0, 0.05) is 17.8 Å². The van der Waals surface area contributed by atoms with Crippen LogP contribution in [0, 0.1) is 0 Å². The highest BCUT2D eigenvalue weighted by atomic mass is 32.2. The molecule has 17 heavy (non-hydrogen) atoms. The van der Waals surface area contributed by atoms with E-state index in [2.05, 4.69) is 23.8 Å². The minimum absolute atomic E-state index is 0.0579. The Labute approximate surface area is 109 Å². The Hall–Kier alpha value is -0.220. The average molecular weight is 258 g/mol. The number of hydrogen-bond acceptors (Lipinski definition) is 3.